The standard InChI is InChI=1S/C7H10NO2/c1-7(5-9)3-2-4-8(7)6-10/h5H,2-4H2,1H3/t7-/m1/s1. The summed E-state index contributed by atoms with van der Waals surface area (Å²) >= 11 is 0. The van der Waals surface area contributed by atoms with E-state index in [0.29, 0.717) is 6.54 Å². The second kappa shape index (κ2) is 2.40. The first-order valence-electron chi connectivity index (χ1n) is 3.35. The molecule has 0 bridgehead atoms. The smallest absolute Gasteiger partial charge is 0.312 e. The number of aldehydes is 1. The molecule has 0 saturated carbocycles. The minimum Gasteiger partial charge on any atom is -0.322 e. The van der Waals surface area contributed by atoms with Crippen molar-refractivity contribution < 1.29 is 9.59 Å². The zero-order chi connectivity index (χ0) is 7.61. The highest BCUT2D eigenvalue weighted by atomic mass is 16.1. The van der Waals surface area contributed by atoms with Crippen LogP contribution in [-0.4, -0.2) is 29.7 Å². The quantitative estimate of drug-likeness (QED) is 0.510. The Bertz CT molecular complexity index is 158. The second-order valence-electron chi connectivity index (χ2n) is 2.82. The van der Waals surface area contributed by atoms with E-state index in [9.17, 15) is 9.59 Å². The highest BCUT2D eigenvalue weighted by molar-refractivity contribution is 5.69. The summed E-state index contributed by atoms with van der Waals surface area (Å²) in [5, 5.41) is 0. The molecule has 0 aromatic carbocycles. The van der Waals surface area contributed by atoms with E-state index in [1.54, 1.807) is 13.3 Å². The van der Waals surface area contributed by atoms with Crippen LogP contribution in [0.4, 0.5) is 0 Å². The number of nitrogens with zero attached hydrogens (tertiary/aromatic N) is 1. The van der Waals surface area contributed by atoms with Gasteiger partial charge in [0.1, 0.15) is 6.29 Å². The van der Waals surface area contributed by atoms with Crippen molar-refractivity contribution in [3.05, 3.63) is 0 Å². The number of rotatable bonds is 2. The van der Waals surface area contributed by atoms with E-state index in [1.165, 1.54) is 4.90 Å². The molecule has 1 heterocycles. The van der Waals surface area contributed by atoms with Gasteiger partial charge in [-0.1, -0.05) is 0 Å². The number of carbonyl (C=O) groups excluding carboxylic acids is 2. The zero-order valence-electron chi connectivity index (χ0n) is 5.96. The largest absolute Gasteiger partial charge is 0.322 e. The summed E-state index contributed by atoms with van der Waals surface area (Å²) in [6.07, 6.45) is 4.26. The van der Waals surface area contributed by atoms with Crippen LogP contribution in [0.2, 0.25) is 0 Å². The third-order valence-electron chi connectivity index (χ3n) is 2.05. The number of hydrogen-bond donors (Lipinski definition) is 0. The molecule has 0 N–H and O–H groups in total. The number of amides is 1. The van der Waals surface area contributed by atoms with E-state index in [1.807, 2.05) is 0 Å². The molecule has 0 aliphatic carbocycles. The van der Waals surface area contributed by atoms with Crippen LogP contribution in [0.5, 0.6) is 0 Å². The molecule has 0 aromatic rings. The molecular formula is C7H10NO2. The summed E-state index contributed by atoms with van der Waals surface area (Å²) in [4.78, 5) is 22.1. The maximum atomic E-state index is 10.5. The van der Waals surface area contributed by atoms with Crippen molar-refractivity contribution in [2.24, 2.45) is 0 Å². The van der Waals surface area contributed by atoms with Crippen molar-refractivity contribution in [2.45, 2.75) is 25.3 Å². The molecule has 1 fully saturated rings. The summed E-state index contributed by atoms with van der Waals surface area (Å²) < 4.78 is 0. The van der Waals surface area contributed by atoms with E-state index in [2.05, 4.69) is 0 Å². The van der Waals surface area contributed by atoms with Crippen LogP contribution in [0.3, 0.4) is 0 Å². The van der Waals surface area contributed by atoms with Crippen LogP contribution >= 0.6 is 0 Å². The van der Waals surface area contributed by atoms with Crippen molar-refractivity contribution in [3.63, 3.8) is 0 Å². The fourth-order valence-corrected chi connectivity index (χ4v) is 1.26. The Morgan fingerprint density at radius 1 is 1.70 bits per heavy atom. The Morgan fingerprint density at radius 2 is 2.40 bits per heavy atom. The summed E-state index contributed by atoms with van der Waals surface area (Å²) in [6, 6.07) is 0. The molecule has 3 heteroatoms. The SMILES string of the molecule is C[C@]1(C=O)CCCN1[C]=O. The normalized spacial score (nSPS) is 32.3. The first-order valence-corrected chi connectivity index (χ1v) is 3.35. The second-order valence-corrected chi connectivity index (χ2v) is 2.82. The van der Waals surface area contributed by atoms with E-state index in [-0.39, 0.29) is 0 Å². The van der Waals surface area contributed by atoms with Gasteiger partial charge in [0.25, 0.3) is 0 Å². The molecule has 1 saturated heterocycles. The molecule has 1 atom stereocenters. The molecule has 0 aromatic heterocycles. The monoisotopic (exact) mass is 140 g/mol. The van der Waals surface area contributed by atoms with Gasteiger partial charge in [0.05, 0.1) is 5.54 Å². The highest BCUT2D eigenvalue weighted by Gasteiger charge is 2.35. The predicted octanol–water partition coefficient (Wildman–Crippen LogP) is 0.107. The molecule has 1 amide bonds. The predicted molar refractivity (Wildman–Crippen MR) is 36.1 cm³/mol. The van der Waals surface area contributed by atoms with Crippen LogP contribution in [0.25, 0.3) is 0 Å². The van der Waals surface area contributed by atoms with Crippen LogP contribution in [-0.2, 0) is 9.59 Å². The Balaban J connectivity index is 2.74. The third kappa shape index (κ3) is 0.916. The molecule has 10 heavy (non-hydrogen) atoms. The summed E-state index contributed by atoms with van der Waals surface area (Å²) in [5.41, 5.74) is -0.568. The van der Waals surface area contributed by atoms with Crippen molar-refractivity contribution in [1.29, 1.82) is 0 Å². The van der Waals surface area contributed by atoms with Crippen molar-refractivity contribution in [2.75, 3.05) is 6.54 Å². The summed E-state index contributed by atoms with van der Waals surface area (Å²) in [7, 11) is 0. The van der Waals surface area contributed by atoms with Gasteiger partial charge in [-0.25, -0.2) is 0 Å². The van der Waals surface area contributed by atoms with Gasteiger partial charge in [0.2, 0.25) is 0 Å². The van der Waals surface area contributed by atoms with Gasteiger partial charge in [-0.15, -0.1) is 0 Å². The van der Waals surface area contributed by atoms with Gasteiger partial charge >= 0.3 is 6.41 Å². The molecule has 1 radical (unpaired) electrons. The average Bonchev–Trinajstić information content (AvgIpc) is 2.32. The number of hydrogen-bond acceptors (Lipinski definition) is 2. The van der Waals surface area contributed by atoms with Gasteiger partial charge in [0, 0.05) is 6.54 Å². The van der Waals surface area contributed by atoms with E-state index in [0.717, 1.165) is 19.1 Å². The van der Waals surface area contributed by atoms with E-state index < -0.39 is 5.54 Å². The van der Waals surface area contributed by atoms with Crippen LogP contribution in [0.1, 0.15) is 19.8 Å². The van der Waals surface area contributed by atoms with Crippen molar-refractivity contribution in [3.8, 4) is 0 Å². The lowest BCUT2D eigenvalue weighted by Crippen LogP contribution is -2.41. The Labute approximate surface area is 60.0 Å². The maximum Gasteiger partial charge on any atom is 0.312 e. The van der Waals surface area contributed by atoms with E-state index >= 15 is 0 Å². The molecule has 55 valence electrons. The lowest BCUT2D eigenvalue weighted by Gasteiger charge is -2.24. The van der Waals surface area contributed by atoms with Crippen LogP contribution in [0.15, 0.2) is 0 Å². The minimum absolute atomic E-state index is 0.568. The van der Waals surface area contributed by atoms with Gasteiger partial charge in [0.15, 0.2) is 0 Å². The average molecular weight is 140 g/mol. The minimum atomic E-state index is -0.568. The summed E-state index contributed by atoms with van der Waals surface area (Å²) in [6.45, 7) is 2.43. The van der Waals surface area contributed by atoms with Crippen molar-refractivity contribution in [1.82, 2.24) is 4.90 Å². The molecule has 0 spiro atoms. The van der Waals surface area contributed by atoms with Gasteiger partial charge in [-0.05, 0) is 19.8 Å². The van der Waals surface area contributed by atoms with Crippen LogP contribution in [0, 0.1) is 0 Å². The van der Waals surface area contributed by atoms with Gasteiger partial charge < -0.3 is 9.69 Å². The molecule has 3 nitrogen and oxygen atoms in total. The topological polar surface area (TPSA) is 37.4 Å². The maximum absolute atomic E-state index is 10.5. The van der Waals surface area contributed by atoms with Gasteiger partial charge in [-0.2, -0.15) is 0 Å². The molecule has 1 aliphatic rings. The van der Waals surface area contributed by atoms with Crippen molar-refractivity contribution >= 4 is 12.7 Å². The molecule has 1 aliphatic heterocycles. The molecular weight excluding hydrogens is 130 g/mol. The number of carbonyl (C=O) groups is 1. The molecule has 1 rings (SSSR count). The number of likely N-dealkylation sites (tertiary alicyclic amines) is 1. The van der Waals surface area contributed by atoms with Gasteiger partial charge in [-0.3, -0.25) is 4.79 Å². The first kappa shape index (κ1) is 7.25. The molecule has 0 unspecified atom stereocenters. The van der Waals surface area contributed by atoms with E-state index in [4.69, 9.17) is 0 Å². The Kier molecular flexibility index (Phi) is 1.74. The Morgan fingerprint density at radius 3 is 2.80 bits per heavy atom. The highest BCUT2D eigenvalue weighted by Crippen LogP contribution is 2.24. The first-order chi connectivity index (χ1) is 4.73. The lowest BCUT2D eigenvalue weighted by molar-refractivity contribution is -0.114. The zero-order valence-corrected chi connectivity index (χ0v) is 5.96. The van der Waals surface area contributed by atoms with Crippen LogP contribution < -0.4 is 0 Å². The third-order valence-corrected chi connectivity index (χ3v) is 2.05. The Hall–Kier alpha value is -0.860. The fraction of sp³-hybridized carbons (Fsp3) is 0.714. The summed E-state index contributed by atoms with van der Waals surface area (Å²) in [5.74, 6) is 0. The lowest BCUT2D eigenvalue weighted by atomic mass is 10.0. The fourth-order valence-electron chi connectivity index (χ4n) is 1.26.